The highest BCUT2D eigenvalue weighted by molar-refractivity contribution is 9.10. The quantitative estimate of drug-likeness (QED) is 0.795. The summed E-state index contributed by atoms with van der Waals surface area (Å²) >= 11 is 4.88. The second-order valence-electron chi connectivity index (χ2n) is 4.10. The maximum Gasteiger partial charge on any atom is 0.213 e. The molecule has 96 valence electrons. The highest BCUT2D eigenvalue weighted by atomic mass is 79.9. The molecule has 0 radical (unpaired) electrons. The lowest BCUT2D eigenvalue weighted by Gasteiger charge is -2.06. The van der Waals surface area contributed by atoms with Gasteiger partial charge >= 0.3 is 0 Å². The van der Waals surface area contributed by atoms with Gasteiger partial charge in [-0.1, -0.05) is 0 Å². The first-order valence-corrected chi connectivity index (χ1v) is 8.81. The lowest BCUT2D eigenvalue weighted by atomic mass is 10.5. The van der Waals surface area contributed by atoms with E-state index in [0.717, 1.165) is 9.35 Å². The van der Waals surface area contributed by atoms with Crippen LogP contribution in [0.1, 0.15) is 17.7 Å². The highest BCUT2D eigenvalue weighted by Crippen LogP contribution is 2.19. The van der Waals surface area contributed by atoms with Crippen molar-refractivity contribution in [3.05, 3.63) is 20.8 Å². The van der Waals surface area contributed by atoms with Crippen molar-refractivity contribution >= 4 is 37.3 Å². The van der Waals surface area contributed by atoms with Crippen molar-refractivity contribution in [3.8, 4) is 0 Å². The molecule has 1 saturated carbocycles. The molecule has 0 saturated heterocycles. The molecular formula is C10H15BrN2O2S2. The first-order chi connectivity index (χ1) is 8.05. The zero-order valence-corrected chi connectivity index (χ0v) is 12.5. The lowest BCUT2D eigenvalue weighted by molar-refractivity contribution is 0.576. The van der Waals surface area contributed by atoms with Crippen LogP contribution in [-0.2, 0) is 16.6 Å². The minimum absolute atomic E-state index is 0.149. The summed E-state index contributed by atoms with van der Waals surface area (Å²) in [6.07, 6.45) is 2.35. The maximum atomic E-state index is 11.7. The van der Waals surface area contributed by atoms with E-state index >= 15 is 0 Å². The molecule has 0 aliphatic heterocycles. The Morgan fingerprint density at radius 3 is 2.82 bits per heavy atom. The van der Waals surface area contributed by atoms with Crippen molar-refractivity contribution in [2.24, 2.45) is 0 Å². The Hall–Kier alpha value is 0.0500. The SMILES string of the molecule is O=S(=O)(CCNC1CC1)NCc1cc(Br)cs1. The number of sulfonamides is 1. The van der Waals surface area contributed by atoms with Crippen molar-refractivity contribution in [2.45, 2.75) is 25.4 Å². The summed E-state index contributed by atoms with van der Waals surface area (Å²) in [4.78, 5) is 1.01. The third kappa shape index (κ3) is 5.05. The number of rotatable bonds is 7. The number of hydrogen-bond acceptors (Lipinski definition) is 4. The molecule has 0 atom stereocenters. The summed E-state index contributed by atoms with van der Waals surface area (Å²) in [7, 11) is -3.16. The predicted octanol–water partition coefficient (Wildman–Crippen LogP) is 1.68. The van der Waals surface area contributed by atoms with E-state index in [4.69, 9.17) is 0 Å². The molecule has 1 aliphatic carbocycles. The highest BCUT2D eigenvalue weighted by Gasteiger charge is 2.21. The van der Waals surface area contributed by atoms with E-state index in [2.05, 4.69) is 26.0 Å². The van der Waals surface area contributed by atoms with Crippen LogP contribution in [0.3, 0.4) is 0 Å². The summed E-state index contributed by atoms with van der Waals surface area (Å²) < 4.78 is 26.9. The Kier molecular flexibility index (Phi) is 4.59. The van der Waals surface area contributed by atoms with Crippen LogP contribution in [0.4, 0.5) is 0 Å². The average Bonchev–Trinajstić information content (AvgIpc) is 2.98. The number of hydrogen-bond donors (Lipinski definition) is 2. The van der Waals surface area contributed by atoms with Crippen LogP contribution in [0.5, 0.6) is 0 Å². The van der Waals surface area contributed by atoms with Gasteiger partial charge in [-0.05, 0) is 34.8 Å². The van der Waals surface area contributed by atoms with Gasteiger partial charge in [-0.2, -0.15) is 0 Å². The van der Waals surface area contributed by atoms with Gasteiger partial charge in [-0.3, -0.25) is 0 Å². The van der Waals surface area contributed by atoms with E-state index in [1.807, 2.05) is 11.4 Å². The molecule has 1 aromatic rings. The fraction of sp³-hybridized carbons (Fsp3) is 0.600. The molecule has 4 nitrogen and oxygen atoms in total. The van der Waals surface area contributed by atoms with E-state index in [0.29, 0.717) is 19.1 Å². The average molecular weight is 339 g/mol. The Morgan fingerprint density at radius 2 is 2.24 bits per heavy atom. The van der Waals surface area contributed by atoms with E-state index < -0.39 is 10.0 Å². The van der Waals surface area contributed by atoms with E-state index in [9.17, 15) is 8.42 Å². The fourth-order valence-corrected chi connectivity index (χ4v) is 3.77. The Morgan fingerprint density at radius 1 is 1.47 bits per heavy atom. The van der Waals surface area contributed by atoms with Crippen molar-refractivity contribution in [1.29, 1.82) is 0 Å². The van der Waals surface area contributed by atoms with Crippen LogP contribution in [0.15, 0.2) is 15.9 Å². The molecule has 0 aromatic carbocycles. The Balaban J connectivity index is 1.72. The molecule has 0 bridgehead atoms. The second-order valence-corrected chi connectivity index (χ2v) is 7.94. The summed E-state index contributed by atoms with van der Waals surface area (Å²) in [5.74, 6) is 0.149. The first kappa shape index (κ1) is 13.5. The number of thiophene rings is 1. The minimum Gasteiger partial charge on any atom is -0.313 e. The largest absolute Gasteiger partial charge is 0.313 e. The molecule has 1 heterocycles. The monoisotopic (exact) mass is 338 g/mol. The minimum atomic E-state index is -3.16. The van der Waals surface area contributed by atoms with Gasteiger partial charge in [0.15, 0.2) is 0 Å². The summed E-state index contributed by atoms with van der Waals surface area (Å²) in [6.45, 7) is 0.913. The summed E-state index contributed by atoms with van der Waals surface area (Å²) in [5.41, 5.74) is 0. The molecule has 0 unspecified atom stereocenters. The van der Waals surface area contributed by atoms with E-state index in [1.54, 1.807) is 0 Å². The molecule has 1 aromatic heterocycles. The topological polar surface area (TPSA) is 58.2 Å². The maximum absolute atomic E-state index is 11.7. The van der Waals surface area contributed by atoms with Crippen molar-refractivity contribution in [1.82, 2.24) is 10.0 Å². The van der Waals surface area contributed by atoms with Crippen LogP contribution in [-0.4, -0.2) is 26.8 Å². The van der Waals surface area contributed by atoms with Gasteiger partial charge in [0, 0.05) is 33.9 Å². The van der Waals surface area contributed by atoms with Gasteiger partial charge in [0.2, 0.25) is 10.0 Å². The van der Waals surface area contributed by atoms with Crippen molar-refractivity contribution in [2.75, 3.05) is 12.3 Å². The molecule has 0 spiro atoms. The second kappa shape index (κ2) is 5.79. The van der Waals surface area contributed by atoms with Gasteiger partial charge in [0.05, 0.1) is 5.75 Å². The van der Waals surface area contributed by atoms with Crippen LogP contribution >= 0.6 is 27.3 Å². The molecule has 17 heavy (non-hydrogen) atoms. The number of halogens is 1. The van der Waals surface area contributed by atoms with Crippen LogP contribution < -0.4 is 10.0 Å². The van der Waals surface area contributed by atoms with Gasteiger partial charge < -0.3 is 5.32 Å². The van der Waals surface area contributed by atoms with Crippen molar-refractivity contribution < 1.29 is 8.42 Å². The van der Waals surface area contributed by atoms with Gasteiger partial charge in [0.25, 0.3) is 0 Å². The third-order valence-corrected chi connectivity index (χ3v) is 5.49. The predicted molar refractivity (Wildman–Crippen MR) is 73.7 cm³/mol. The Bertz CT molecular complexity index is 468. The molecule has 0 amide bonds. The van der Waals surface area contributed by atoms with Gasteiger partial charge in [-0.25, -0.2) is 13.1 Å². The third-order valence-electron chi connectivity index (χ3n) is 2.47. The first-order valence-electron chi connectivity index (χ1n) is 5.49. The zero-order valence-electron chi connectivity index (χ0n) is 9.28. The fourth-order valence-electron chi connectivity index (χ4n) is 1.38. The molecule has 1 fully saturated rings. The van der Waals surface area contributed by atoms with Crippen molar-refractivity contribution in [3.63, 3.8) is 0 Å². The Labute approximate surface area is 114 Å². The molecule has 7 heteroatoms. The van der Waals surface area contributed by atoms with Gasteiger partial charge in [-0.15, -0.1) is 11.3 Å². The van der Waals surface area contributed by atoms with Crippen LogP contribution in [0.25, 0.3) is 0 Å². The van der Waals surface area contributed by atoms with Crippen LogP contribution in [0, 0.1) is 0 Å². The van der Waals surface area contributed by atoms with Gasteiger partial charge in [0.1, 0.15) is 0 Å². The number of nitrogens with one attached hydrogen (secondary N) is 2. The summed E-state index contributed by atoms with van der Waals surface area (Å²) in [5, 5.41) is 5.13. The zero-order chi connectivity index (χ0) is 12.3. The molecule has 1 aliphatic rings. The normalized spacial score (nSPS) is 16.3. The molecule has 2 rings (SSSR count). The smallest absolute Gasteiger partial charge is 0.213 e. The summed E-state index contributed by atoms with van der Waals surface area (Å²) in [6, 6.07) is 2.48. The molecular weight excluding hydrogens is 324 g/mol. The standard InChI is InChI=1S/C10H15BrN2O2S2/c11-8-5-10(16-7-8)6-13-17(14,15)4-3-12-9-1-2-9/h5,7,9,12-13H,1-4,6H2. The lowest BCUT2D eigenvalue weighted by Crippen LogP contribution is -2.32. The van der Waals surface area contributed by atoms with E-state index in [1.165, 1.54) is 24.2 Å². The molecule has 2 N–H and O–H groups in total. The van der Waals surface area contributed by atoms with Crippen LogP contribution in [0.2, 0.25) is 0 Å². The van der Waals surface area contributed by atoms with E-state index in [-0.39, 0.29) is 5.75 Å².